The van der Waals surface area contributed by atoms with Crippen LogP contribution in [0.5, 0.6) is 0 Å². The van der Waals surface area contributed by atoms with Gasteiger partial charge in [-0.25, -0.2) is 4.39 Å². The number of nitrogens with one attached hydrogen (secondary N) is 1. The number of carbonyl (C=O) groups is 1. The Morgan fingerprint density at radius 1 is 1.38 bits per heavy atom. The van der Waals surface area contributed by atoms with E-state index in [0.29, 0.717) is 13.0 Å². The van der Waals surface area contributed by atoms with Crippen LogP contribution in [-0.2, 0) is 11.2 Å². The molecule has 1 aromatic rings. The molecule has 0 radical (unpaired) electrons. The summed E-state index contributed by atoms with van der Waals surface area (Å²) in [5.74, 6) is -0.0537. The minimum atomic E-state index is -0.312. The highest BCUT2D eigenvalue weighted by molar-refractivity contribution is 5.76. The fraction of sp³-hybridized carbons (Fsp3) is 0.632. The minimum absolute atomic E-state index is 0.164. The zero-order valence-electron chi connectivity index (χ0n) is 14.1. The van der Waals surface area contributed by atoms with E-state index in [2.05, 4.69) is 5.32 Å². The second-order valence-electron chi connectivity index (χ2n) is 7.24. The van der Waals surface area contributed by atoms with Crippen molar-refractivity contribution in [2.45, 2.75) is 44.6 Å². The highest BCUT2D eigenvalue weighted by Crippen LogP contribution is 2.36. The Hall–Kier alpha value is -1.46. The Morgan fingerprint density at radius 2 is 2.17 bits per heavy atom. The first-order chi connectivity index (χ1) is 11.6. The van der Waals surface area contributed by atoms with Crippen molar-refractivity contribution in [2.24, 2.45) is 5.41 Å². The van der Waals surface area contributed by atoms with E-state index in [4.69, 9.17) is 0 Å². The van der Waals surface area contributed by atoms with Gasteiger partial charge >= 0.3 is 0 Å². The number of aryl methyl sites for hydroxylation is 1. The lowest BCUT2D eigenvalue weighted by Crippen LogP contribution is -2.58. The number of halogens is 1. The molecule has 24 heavy (non-hydrogen) atoms. The van der Waals surface area contributed by atoms with Crippen LogP contribution in [0.1, 0.15) is 37.7 Å². The van der Waals surface area contributed by atoms with Crippen molar-refractivity contribution in [3.63, 3.8) is 0 Å². The van der Waals surface area contributed by atoms with Gasteiger partial charge in [0.1, 0.15) is 5.82 Å². The zero-order valence-corrected chi connectivity index (χ0v) is 14.1. The fourth-order valence-corrected chi connectivity index (χ4v) is 4.04. The van der Waals surface area contributed by atoms with Crippen LogP contribution in [0.4, 0.5) is 4.39 Å². The summed E-state index contributed by atoms with van der Waals surface area (Å²) in [5.41, 5.74) is 0.898. The molecular formula is C19H27FN2O2. The molecule has 2 fully saturated rings. The van der Waals surface area contributed by atoms with Gasteiger partial charge in [-0.3, -0.25) is 4.79 Å². The molecule has 2 aliphatic heterocycles. The number of piperidine rings is 2. The summed E-state index contributed by atoms with van der Waals surface area (Å²) in [5, 5.41) is 13.8. The monoisotopic (exact) mass is 334 g/mol. The molecule has 2 aliphatic rings. The number of rotatable bonds is 4. The first-order valence-corrected chi connectivity index (χ1v) is 9.00. The number of benzene rings is 1. The molecule has 2 heterocycles. The largest absolute Gasteiger partial charge is 0.392 e. The van der Waals surface area contributed by atoms with E-state index >= 15 is 0 Å². The van der Waals surface area contributed by atoms with E-state index < -0.39 is 0 Å². The van der Waals surface area contributed by atoms with Crippen LogP contribution in [0.15, 0.2) is 24.3 Å². The first-order valence-electron chi connectivity index (χ1n) is 9.00. The van der Waals surface area contributed by atoms with Gasteiger partial charge in [0, 0.05) is 31.5 Å². The van der Waals surface area contributed by atoms with Gasteiger partial charge in [-0.05, 0) is 56.3 Å². The highest BCUT2D eigenvalue weighted by atomic mass is 19.1. The molecule has 2 atom stereocenters. The number of aliphatic hydroxyl groups is 1. The molecule has 1 amide bonds. The molecule has 2 N–H and O–H groups in total. The average Bonchev–Trinajstić information content (AvgIpc) is 2.59. The van der Waals surface area contributed by atoms with E-state index in [1.807, 2.05) is 4.90 Å². The van der Waals surface area contributed by atoms with Crippen molar-refractivity contribution >= 4 is 5.91 Å². The average molecular weight is 334 g/mol. The third-order valence-corrected chi connectivity index (χ3v) is 5.51. The normalized spacial score (nSPS) is 27.4. The van der Waals surface area contributed by atoms with Gasteiger partial charge in [0.05, 0.1) is 6.10 Å². The van der Waals surface area contributed by atoms with Crippen LogP contribution in [0.25, 0.3) is 0 Å². The Morgan fingerprint density at radius 3 is 2.92 bits per heavy atom. The highest BCUT2D eigenvalue weighted by Gasteiger charge is 2.43. The first kappa shape index (κ1) is 17.4. The van der Waals surface area contributed by atoms with Gasteiger partial charge in [-0.1, -0.05) is 12.1 Å². The molecule has 5 heteroatoms. The summed E-state index contributed by atoms with van der Waals surface area (Å²) in [6.07, 6.45) is 4.48. The lowest BCUT2D eigenvalue weighted by atomic mass is 9.72. The second kappa shape index (κ2) is 7.62. The lowest BCUT2D eigenvalue weighted by Gasteiger charge is -2.48. The number of hydrogen-bond acceptors (Lipinski definition) is 3. The SMILES string of the molecule is O=C(CCCc1ccc(F)cc1)N1CCC[C@]2(CNCC[C@@H]2O)C1. The molecule has 4 nitrogen and oxygen atoms in total. The molecule has 132 valence electrons. The maximum absolute atomic E-state index is 12.9. The van der Waals surface area contributed by atoms with Gasteiger partial charge < -0.3 is 15.3 Å². The van der Waals surface area contributed by atoms with Crippen molar-refractivity contribution < 1.29 is 14.3 Å². The summed E-state index contributed by atoms with van der Waals surface area (Å²) in [6, 6.07) is 6.48. The number of aliphatic hydroxyl groups excluding tert-OH is 1. The van der Waals surface area contributed by atoms with Gasteiger partial charge in [0.25, 0.3) is 0 Å². The number of amides is 1. The summed E-state index contributed by atoms with van der Waals surface area (Å²) in [7, 11) is 0. The van der Waals surface area contributed by atoms with Crippen molar-refractivity contribution in [3.05, 3.63) is 35.6 Å². The zero-order chi connectivity index (χ0) is 17.0. The van der Waals surface area contributed by atoms with E-state index in [-0.39, 0.29) is 23.2 Å². The van der Waals surface area contributed by atoms with Crippen LogP contribution in [0, 0.1) is 11.2 Å². The molecule has 0 bridgehead atoms. The van der Waals surface area contributed by atoms with Crippen molar-refractivity contribution in [2.75, 3.05) is 26.2 Å². The molecule has 0 aliphatic carbocycles. The summed E-state index contributed by atoms with van der Waals surface area (Å²) in [4.78, 5) is 14.5. The minimum Gasteiger partial charge on any atom is -0.392 e. The van der Waals surface area contributed by atoms with Gasteiger partial charge in [-0.2, -0.15) is 0 Å². The van der Waals surface area contributed by atoms with Gasteiger partial charge in [0.2, 0.25) is 5.91 Å². The third kappa shape index (κ3) is 3.95. The quantitative estimate of drug-likeness (QED) is 0.887. The molecule has 3 rings (SSSR count). The molecule has 0 unspecified atom stereocenters. The molecular weight excluding hydrogens is 307 g/mol. The number of likely N-dealkylation sites (tertiary alicyclic amines) is 1. The molecule has 0 saturated carbocycles. The summed E-state index contributed by atoms with van der Waals surface area (Å²) >= 11 is 0. The molecule has 1 aromatic carbocycles. The Bertz CT molecular complexity index is 559. The maximum Gasteiger partial charge on any atom is 0.222 e. The van der Waals surface area contributed by atoms with Crippen LogP contribution in [-0.4, -0.2) is 48.2 Å². The summed E-state index contributed by atoms with van der Waals surface area (Å²) in [6.45, 7) is 3.11. The predicted octanol–water partition coefficient (Wildman–Crippen LogP) is 2.11. The van der Waals surface area contributed by atoms with E-state index in [9.17, 15) is 14.3 Å². The third-order valence-electron chi connectivity index (χ3n) is 5.51. The summed E-state index contributed by atoms with van der Waals surface area (Å²) < 4.78 is 12.9. The number of carbonyl (C=O) groups excluding carboxylic acids is 1. The molecule has 2 saturated heterocycles. The van der Waals surface area contributed by atoms with Gasteiger partial charge in [-0.15, -0.1) is 0 Å². The number of nitrogens with zero attached hydrogens (tertiary/aromatic N) is 1. The van der Waals surface area contributed by atoms with Crippen molar-refractivity contribution in [3.8, 4) is 0 Å². The van der Waals surface area contributed by atoms with Crippen LogP contribution >= 0.6 is 0 Å². The predicted molar refractivity (Wildman–Crippen MR) is 91.1 cm³/mol. The van der Waals surface area contributed by atoms with E-state index in [0.717, 1.165) is 57.3 Å². The van der Waals surface area contributed by atoms with Gasteiger partial charge in [0.15, 0.2) is 0 Å². The van der Waals surface area contributed by atoms with E-state index in [1.165, 1.54) is 12.1 Å². The van der Waals surface area contributed by atoms with Crippen LogP contribution in [0.2, 0.25) is 0 Å². The molecule has 0 aromatic heterocycles. The van der Waals surface area contributed by atoms with E-state index in [1.54, 1.807) is 12.1 Å². The van der Waals surface area contributed by atoms with Crippen molar-refractivity contribution in [1.29, 1.82) is 0 Å². The Balaban J connectivity index is 1.50. The Labute approximate surface area is 143 Å². The smallest absolute Gasteiger partial charge is 0.222 e. The molecule has 1 spiro atoms. The van der Waals surface area contributed by atoms with Crippen molar-refractivity contribution in [1.82, 2.24) is 10.2 Å². The van der Waals surface area contributed by atoms with Crippen LogP contribution < -0.4 is 5.32 Å². The fourth-order valence-electron chi connectivity index (χ4n) is 4.04. The standard InChI is InChI=1S/C19H27FN2O2/c20-16-7-5-15(6-8-16)3-1-4-18(24)22-12-2-10-19(14-22)13-21-11-9-17(19)23/h5-8,17,21,23H,1-4,9-14H2/t17-,19-/m0/s1. The Kier molecular flexibility index (Phi) is 5.51. The maximum atomic E-state index is 12.9. The lowest BCUT2D eigenvalue weighted by molar-refractivity contribution is -0.138. The second-order valence-corrected chi connectivity index (χ2v) is 7.24. The number of hydrogen-bond donors (Lipinski definition) is 2. The van der Waals surface area contributed by atoms with Crippen LogP contribution in [0.3, 0.4) is 0 Å². The topological polar surface area (TPSA) is 52.6 Å².